The maximum atomic E-state index is 13.2. The average Bonchev–Trinajstić information content (AvgIpc) is 2.43. The molecular weight excluding hydrogens is 261 g/mol. The van der Waals surface area contributed by atoms with Crippen LogP contribution in [0.15, 0.2) is 36.4 Å². The lowest BCUT2D eigenvalue weighted by atomic mass is 10.1. The van der Waals surface area contributed by atoms with Crippen molar-refractivity contribution in [1.82, 2.24) is 0 Å². The van der Waals surface area contributed by atoms with E-state index in [1.165, 1.54) is 30.3 Å². The smallest absolute Gasteiger partial charge is 0.335 e. The number of hydrogen-bond donors (Lipinski definition) is 3. The Hall–Kier alpha value is -3.07. The van der Waals surface area contributed by atoms with Gasteiger partial charge in [-0.15, -0.1) is 0 Å². The minimum absolute atomic E-state index is 0.0734. The molecule has 0 atom stereocenters. The number of nitrogen functional groups attached to an aromatic ring is 1. The molecule has 0 aliphatic carbocycles. The van der Waals surface area contributed by atoms with Crippen molar-refractivity contribution in [2.75, 3.05) is 11.1 Å². The van der Waals surface area contributed by atoms with E-state index in [1.54, 1.807) is 6.07 Å². The normalized spacial score (nSPS) is 9.80. The Labute approximate surface area is 114 Å². The second-order valence-electron chi connectivity index (χ2n) is 4.04. The van der Waals surface area contributed by atoms with Crippen molar-refractivity contribution < 1.29 is 14.3 Å². The van der Waals surface area contributed by atoms with E-state index < -0.39 is 11.8 Å². The van der Waals surface area contributed by atoms with Crippen LogP contribution in [0.3, 0.4) is 0 Å². The number of hydrogen-bond acceptors (Lipinski definition) is 4. The summed E-state index contributed by atoms with van der Waals surface area (Å²) in [5.74, 6) is -1.70. The van der Waals surface area contributed by atoms with Gasteiger partial charge in [0.1, 0.15) is 11.9 Å². The van der Waals surface area contributed by atoms with E-state index in [0.29, 0.717) is 17.1 Å². The van der Waals surface area contributed by atoms with E-state index in [4.69, 9.17) is 16.1 Å². The predicted molar refractivity (Wildman–Crippen MR) is 72.2 cm³/mol. The first-order chi connectivity index (χ1) is 9.51. The molecule has 2 rings (SSSR count). The van der Waals surface area contributed by atoms with Crippen LogP contribution in [0.25, 0.3) is 0 Å². The first-order valence-electron chi connectivity index (χ1n) is 5.61. The van der Waals surface area contributed by atoms with Gasteiger partial charge < -0.3 is 16.2 Å². The molecule has 0 aliphatic rings. The molecule has 20 heavy (non-hydrogen) atoms. The highest BCUT2D eigenvalue weighted by molar-refractivity contribution is 5.91. The Kier molecular flexibility index (Phi) is 3.53. The fourth-order valence-corrected chi connectivity index (χ4v) is 1.64. The van der Waals surface area contributed by atoms with Gasteiger partial charge in [0, 0.05) is 5.69 Å². The number of nitrogens with zero attached hydrogens (tertiary/aromatic N) is 1. The van der Waals surface area contributed by atoms with Crippen LogP contribution in [-0.4, -0.2) is 11.1 Å². The highest BCUT2D eigenvalue weighted by Crippen LogP contribution is 2.25. The largest absolute Gasteiger partial charge is 0.478 e. The number of rotatable bonds is 3. The Morgan fingerprint density at radius 2 is 2.05 bits per heavy atom. The predicted octanol–water partition coefficient (Wildman–Crippen LogP) is 2.72. The van der Waals surface area contributed by atoms with Gasteiger partial charge in [-0.3, -0.25) is 0 Å². The van der Waals surface area contributed by atoms with Crippen LogP contribution < -0.4 is 11.1 Å². The van der Waals surface area contributed by atoms with Gasteiger partial charge in [-0.1, -0.05) is 0 Å². The molecule has 4 N–H and O–H groups in total. The van der Waals surface area contributed by atoms with E-state index in [2.05, 4.69) is 5.32 Å². The number of aromatic carboxylic acids is 1. The van der Waals surface area contributed by atoms with Crippen LogP contribution in [0.2, 0.25) is 0 Å². The Bertz CT molecular complexity index is 723. The van der Waals surface area contributed by atoms with Crippen molar-refractivity contribution in [3.05, 3.63) is 53.3 Å². The third-order valence-electron chi connectivity index (χ3n) is 2.67. The SMILES string of the molecule is N#Cc1cc(Nc2cc(C(=O)O)ccc2N)ccc1F. The maximum absolute atomic E-state index is 13.2. The number of carbonyl (C=O) groups is 1. The lowest BCUT2D eigenvalue weighted by molar-refractivity contribution is 0.0697. The maximum Gasteiger partial charge on any atom is 0.335 e. The van der Waals surface area contributed by atoms with Gasteiger partial charge in [0.05, 0.1) is 22.5 Å². The van der Waals surface area contributed by atoms with Crippen LogP contribution in [0.5, 0.6) is 0 Å². The van der Waals surface area contributed by atoms with Gasteiger partial charge in [0.25, 0.3) is 0 Å². The molecule has 0 radical (unpaired) electrons. The Morgan fingerprint density at radius 1 is 1.30 bits per heavy atom. The zero-order chi connectivity index (χ0) is 14.7. The third kappa shape index (κ3) is 2.67. The number of anilines is 3. The fourth-order valence-electron chi connectivity index (χ4n) is 1.64. The summed E-state index contributed by atoms with van der Waals surface area (Å²) in [5.41, 5.74) is 6.87. The standard InChI is InChI=1S/C14H10FN3O2/c15-11-3-2-10(5-9(11)7-16)18-13-6-8(14(19)20)1-4-12(13)17/h1-6,18H,17H2,(H,19,20). The molecule has 0 spiro atoms. The first-order valence-corrected chi connectivity index (χ1v) is 5.61. The van der Waals surface area contributed by atoms with Crippen LogP contribution in [0, 0.1) is 17.1 Å². The number of carboxylic acid groups (broad SMARTS) is 1. The number of benzene rings is 2. The summed E-state index contributed by atoms with van der Waals surface area (Å²) in [4.78, 5) is 10.9. The van der Waals surface area contributed by atoms with Gasteiger partial charge >= 0.3 is 5.97 Å². The first kappa shape index (κ1) is 13.4. The molecule has 0 aliphatic heterocycles. The van der Waals surface area contributed by atoms with Crippen molar-refractivity contribution in [3.63, 3.8) is 0 Å². The van der Waals surface area contributed by atoms with Crippen LogP contribution in [0.4, 0.5) is 21.5 Å². The van der Waals surface area contributed by atoms with Crippen LogP contribution >= 0.6 is 0 Å². The summed E-state index contributed by atoms with van der Waals surface area (Å²) in [6, 6.07) is 9.84. The third-order valence-corrected chi connectivity index (χ3v) is 2.67. The molecular formula is C14H10FN3O2. The molecule has 2 aromatic carbocycles. The zero-order valence-electron chi connectivity index (χ0n) is 10.2. The highest BCUT2D eigenvalue weighted by atomic mass is 19.1. The minimum atomic E-state index is -1.08. The summed E-state index contributed by atoms with van der Waals surface area (Å²) < 4.78 is 13.2. The monoisotopic (exact) mass is 271 g/mol. The van der Waals surface area contributed by atoms with Crippen LogP contribution in [0.1, 0.15) is 15.9 Å². The van der Waals surface area contributed by atoms with Gasteiger partial charge in [-0.25, -0.2) is 9.18 Å². The molecule has 0 saturated heterocycles. The molecule has 2 aromatic rings. The van der Waals surface area contributed by atoms with Crippen LogP contribution in [-0.2, 0) is 0 Å². The Morgan fingerprint density at radius 3 is 2.70 bits per heavy atom. The van der Waals surface area contributed by atoms with Crippen molar-refractivity contribution in [3.8, 4) is 6.07 Å². The second kappa shape index (κ2) is 5.28. The number of nitrogens with two attached hydrogens (primary N) is 1. The molecule has 0 amide bonds. The van der Waals surface area contributed by atoms with Gasteiger partial charge in [0.15, 0.2) is 0 Å². The van der Waals surface area contributed by atoms with E-state index in [0.717, 1.165) is 6.07 Å². The molecule has 0 aromatic heterocycles. The van der Waals surface area contributed by atoms with Crippen molar-refractivity contribution in [2.24, 2.45) is 0 Å². The molecule has 0 unspecified atom stereocenters. The average molecular weight is 271 g/mol. The van der Waals surface area contributed by atoms with Gasteiger partial charge in [0.2, 0.25) is 0 Å². The van der Waals surface area contributed by atoms with E-state index in [1.807, 2.05) is 0 Å². The molecule has 0 fully saturated rings. The summed E-state index contributed by atoms with van der Waals surface area (Å²) in [6.07, 6.45) is 0. The summed E-state index contributed by atoms with van der Waals surface area (Å²) >= 11 is 0. The minimum Gasteiger partial charge on any atom is -0.478 e. The van der Waals surface area contributed by atoms with E-state index in [-0.39, 0.29) is 11.1 Å². The molecule has 0 heterocycles. The molecule has 0 bridgehead atoms. The molecule has 100 valence electrons. The summed E-state index contributed by atoms with van der Waals surface area (Å²) in [6.45, 7) is 0. The number of nitriles is 1. The van der Waals surface area contributed by atoms with Crippen molar-refractivity contribution in [1.29, 1.82) is 5.26 Å². The Balaban J connectivity index is 2.37. The van der Waals surface area contributed by atoms with E-state index in [9.17, 15) is 9.18 Å². The van der Waals surface area contributed by atoms with Crippen molar-refractivity contribution in [2.45, 2.75) is 0 Å². The second-order valence-corrected chi connectivity index (χ2v) is 4.04. The fraction of sp³-hybridized carbons (Fsp3) is 0. The van der Waals surface area contributed by atoms with Crippen molar-refractivity contribution >= 4 is 23.0 Å². The summed E-state index contributed by atoms with van der Waals surface area (Å²) in [7, 11) is 0. The number of nitrogens with one attached hydrogen (secondary N) is 1. The molecule has 5 nitrogen and oxygen atoms in total. The highest BCUT2D eigenvalue weighted by Gasteiger charge is 2.08. The molecule has 6 heteroatoms. The lowest BCUT2D eigenvalue weighted by Crippen LogP contribution is -2.01. The quantitative estimate of drug-likeness (QED) is 0.745. The molecule has 0 saturated carbocycles. The lowest BCUT2D eigenvalue weighted by Gasteiger charge is -2.10. The van der Waals surface area contributed by atoms with Gasteiger partial charge in [-0.2, -0.15) is 5.26 Å². The number of carboxylic acids is 1. The van der Waals surface area contributed by atoms with Gasteiger partial charge in [-0.05, 0) is 36.4 Å². The van der Waals surface area contributed by atoms with E-state index >= 15 is 0 Å². The zero-order valence-corrected chi connectivity index (χ0v) is 10.2. The summed E-state index contributed by atoms with van der Waals surface area (Å²) in [5, 5.41) is 20.5. The topological polar surface area (TPSA) is 99.1 Å². The number of halogens is 1.